The molecular formula is C14H21N3O. The number of pyridine rings is 1. The lowest BCUT2D eigenvalue weighted by Crippen LogP contribution is -2.28. The van der Waals surface area contributed by atoms with E-state index in [1.807, 2.05) is 30.1 Å². The Labute approximate surface area is 109 Å². The number of amides is 1. The van der Waals surface area contributed by atoms with Gasteiger partial charge in [0.25, 0.3) is 0 Å². The fourth-order valence-electron chi connectivity index (χ4n) is 2.73. The molecule has 1 saturated heterocycles. The first kappa shape index (κ1) is 12.9. The molecule has 2 heterocycles. The van der Waals surface area contributed by atoms with Crippen LogP contribution >= 0.6 is 0 Å². The standard InChI is InChI=1S/C14H21N3O/c1-10-8-12(9-15-14(10)16(3)4)13-6-5-7-17(13)11(2)18/h8-9,13H,5-7H2,1-4H3/t13-/m0/s1. The first-order valence-corrected chi connectivity index (χ1v) is 6.41. The summed E-state index contributed by atoms with van der Waals surface area (Å²) in [6.45, 7) is 4.58. The molecule has 0 bridgehead atoms. The van der Waals surface area contributed by atoms with Crippen molar-refractivity contribution in [2.45, 2.75) is 32.7 Å². The summed E-state index contributed by atoms with van der Waals surface area (Å²) >= 11 is 0. The number of hydrogen-bond donors (Lipinski definition) is 0. The zero-order valence-electron chi connectivity index (χ0n) is 11.6. The predicted octanol–water partition coefficient (Wildman–Crippen LogP) is 2.14. The average Bonchev–Trinajstić information content (AvgIpc) is 2.77. The monoisotopic (exact) mass is 247 g/mol. The van der Waals surface area contributed by atoms with Gasteiger partial charge < -0.3 is 9.80 Å². The van der Waals surface area contributed by atoms with Gasteiger partial charge in [0, 0.05) is 33.8 Å². The smallest absolute Gasteiger partial charge is 0.219 e. The molecule has 2 rings (SSSR count). The second kappa shape index (κ2) is 4.96. The molecular weight excluding hydrogens is 226 g/mol. The molecule has 0 aromatic carbocycles. The highest BCUT2D eigenvalue weighted by Gasteiger charge is 2.28. The fourth-order valence-corrected chi connectivity index (χ4v) is 2.73. The van der Waals surface area contributed by atoms with E-state index in [4.69, 9.17) is 0 Å². The lowest BCUT2D eigenvalue weighted by Gasteiger charge is -2.24. The SMILES string of the molecule is CC(=O)N1CCC[C@H]1c1cnc(N(C)C)c(C)c1. The van der Waals surface area contributed by atoms with Gasteiger partial charge in [0.2, 0.25) is 5.91 Å². The molecule has 1 fully saturated rings. The summed E-state index contributed by atoms with van der Waals surface area (Å²) in [7, 11) is 3.99. The van der Waals surface area contributed by atoms with Crippen molar-refractivity contribution in [2.24, 2.45) is 0 Å². The third-order valence-electron chi connectivity index (χ3n) is 3.54. The van der Waals surface area contributed by atoms with Crippen molar-refractivity contribution in [1.29, 1.82) is 0 Å². The molecule has 1 aliphatic rings. The Balaban J connectivity index is 2.29. The van der Waals surface area contributed by atoms with Crippen LogP contribution in [-0.4, -0.2) is 36.4 Å². The molecule has 0 unspecified atom stereocenters. The first-order valence-electron chi connectivity index (χ1n) is 6.41. The normalized spacial score (nSPS) is 19.1. The quantitative estimate of drug-likeness (QED) is 0.803. The summed E-state index contributed by atoms with van der Waals surface area (Å²) in [5.74, 6) is 1.15. The number of likely N-dealkylation sites (tertiary alicyclic amines) is 1. The van der Waals surface area contributed by atoms with Gasteiger partial charge in [-0.1, -0.05) is 0 Å². The Morgan fingerprint density at radius 1 is 1.50 bits per heavy atom. The van der Waals surface area contributed by atoms with E-state index in [-0.39, 0.29) is 11.9 Å². The summed E-state index contributed by atoms with van der Waals surface area (Å²) in [5, 5.41) is 0. The molecule has 0 radical (unpaired) electrons. The van der Waals surface area contributed by atoms with Crippen molar-refractivity contribution in [1.82, 2.24) is 9.88 Å². The maximum atomic E-state index is 11.6. The number of aryl methyl sites for hydroxylation is 1. The molecule has 18 heavy (non-hydrogen) atoms. The van der Waals surface area contributed by atoms with E-state index in [2.05, 4.69) is 18.0 Å². The Hall–Kier alpha value is -1.58. The fraction of sp³-hybridized carbons (Fsp3) is 0.571. The minimum Gasteiger partial charge on any atom is -0.363 e. The molecule has 1 aliphatic heterocycles. The van der Waals surface area contributed by atoms with Gasteiger partial charge in [0.1, 0.15) is 5.82 Å². The minimum atomic E-state index is 0.159. The van der Waals surface area contributed by atoms with Gasteiger partial charge in [-0.25, -0.2) is 4.98 Å². The van der Waals surface area contributed by atoms with Crippen molar-refractivity contribution >= 4 is 11.7 Å². The molecule has 1 aromatic heterocycles. The summed E-state index contributed by atoms with van der Waals surface area (Å²) in [6, 6.07) is 2.37. The molecule has 0 aliphatic carbocycles. The van der Waals surface area contributed by atoms with Crippen molar-refractivity contribution in [3.63, 3.8) is 0 Å². The van der Waals surface area contributed by atoms with Gasteiger partial charge in [0.05, 0.1) is 6.04 Å². The van der Waals surface area contributed by atoms with Crippen molar-refractivity contribution in [2.75, 3.05) is 25.5 Å². The molecule has 4 heteroatoms. The van der Waals surface area contributed by atoms with Gasteiger partial charge in [-0.15, -0.1) is 0 Å². The van der Waals surface area contributed by atoms with Crippen LogP contribution in [0.1, 0.15) is 36.9 Å². The highest BCUT2D eigenvalue weighted by atomic mass is 16.2. The van der Waals surface area contributed by atoms with Gasteiger partial charge in [-0.3, -0.25) is 4.79 Å². The summed E-state index contributed by atoms with van der Waals surface area (Å²) in [6.07, 6.45) is 4.04. The lowest BCUT2D eigenvalue weighted by atomic mass is 10.0. The molecule has 1 amide bonds. The van der Waals surface area contributed by atoms with Crippen LogP contribution in [-0.2, 0) is 4.79 Å². The van der Waals surface area contributed by atoms with E-state index in [1.165, 1.54) is 0 Å². The molecule has 1 aromatic rings. The van der Waals surface area contributed by atoms with E-state index in [9.17, 15) is 4.79 Å². The van der Waals surface area contributed by atoms with E-state index >= 15 is 0 Å². The maximum Gasteiger partial charge on any atom is 0.219 e. The van der Waals surface area contributed by atoms with Crippen molar-refractivity contribution < 1.29 is 4.79 Å². The van der Waals surface area contributed by atoms with Crippen LogP contribution in [0.3, 0.4) is 0 Å². The Morgan fingerprint density at radius 2 is 2.22 bits per heavy atom. The largest absolute Gasteiger partial charge is 0.363 e. The van der Waals surface area contributed by atoms with Crippen LogP contribution < -0.4 is 4.90 Å². The molecule has 0 spiro atoms. The van der Waals surface area contributed by atoms with Crippen LogP contribution in [0, 0.1) is 6.92 Å². The summed E-state index contributed by atoms with van der Waals surface area (Å²) in [4.78, 5) is 20.1. The van der Waals surface area contributed by atoms with Gasteiger partial charge in [-0.2, -0.15) is 0 Å². The van der Waals surface area contributed by atoms with Crippen LogP contribution in [0.2, 0.25) is 0 Å². The Bertz CT molecular complexity index is 456. The zero-order valence-corrected chi connectivity index (χ0v) is 11.6. The molecule has 98 valence electrons. The molecule has 4 nitrogen and oxygen atoms in total. The van der Waals surface area contributed by atoms with Gasteiger partial charge in [-0.05, 0) is 37.0 Å². The van der Waals surface area contributed by atoms with Crippen LogP contribution in [0.25, 0.3) is 0 Å². The third-order valence-corrected chi connectivity index (χ3v) is 3.54. The van der Waals surface area contributed by atoms with Gasteiger partial charge >= 0.3 is 0 Å². The molecule has 0 N–H and O–H groups in total. The maximum absolute atomic E-state index is 11.6. The number of anilines is 1. The average molecular weight is 247 g/mol. The second-order valence-corrected chi connectivity index (χ2v) is 5.17. The highest BCUT2D eigenvalue weighted by Crippen LogP contribution is 2.32. The number of hydrogen-bond acceptors (Lipinski definition) is 3. The third kappa shape index (κ3) is 2.33. The predicted molar refractivity (Wildman–Crippen MR) is 72.7 cm³/mol. The molecule has 1 atom stereocenters. The van der Waals surface area contributed by atoms with E-state index in [0.29, 0.717) is 0 Å². The van der Waals surface area contributed by atoms with E-state index < -0.39 is 0 Å². The van der Waals surface area contributed by atoms with Crippen LogP contribution in [0.5, 0.6) is 0 Å². The van der Waals surface area contributed by atoms with Gasteiger partial charge in [0.15, 0.2) is 0 Å². The van der Waals surface area contributed by atoms with Crippen molar-refractivity contribution in [3.8, 4) is 0 Å². The zero-order chi connectivity index (χ0) is 13.3. The van der Waals surface area contributed by atoms with Crippen LogP contribution in [0.15, 0.2) is 12.3 Å². The second-order valence-electron chi connectivity index (χ2n) is 5.17. The Kier molecular flexibility index (Phi) is 3.55. The molecule has 0 saturated carbocycles. The van der Waals surface area contributed by atoms with Crippen molar-refractivity contribution in [3.05, 3.63) is 23.4 Å². The lowest BCUT2D eigenvalue weighted by molar-refractivity contribution is -0.129. The number of aromatic nitrogens is 1. The first-order chi connectivity index (χ1) is 8.50. The van der Waals surface area contributed by atoms with Crippen LogP contribution in [0.4, 0.5) is 5.82 Å². The summed E-state index contributed by atoms with van der Waals surface area (Å²) < 4.78 is 0. The van der Waals surface area contributed by atoms with E-state index in [0.717, 1.165) is 36.3 Å². The Morgan fingerprint density at radius 3 is 2.78 bits per heavy atom. The summed E-state index contributed by atoms with van der Waals surface area (Å²) in [5.41, 5.74) is 2.32. The van der Waals surface area contributed by atoms with E-state index in [1.54, 1.807) is 6.92 Å². The minimum absolute atomic E-state index is 0.159. The highest BCUT2D eigenvalue weighted by molar-refractivity contribution is 5.74. The number of nitrogens with zero attached hydrogens (tertiary/aromatic N) is 3. The topological polar surface area (TPSA) is 36.4 Å². The number of carbonyl (C=O) groups excluding carboxylic acids is 1. The number of rotatable bonds is 2. The number of carbonyl (C=O) groups is 1.